The number of hydrogen-bond donors (Lipinski definition) is 2. The number of azo groups is 1. The standard InChI is InChI=1S/C20H13ClF3N5O3/c21-18-9-8-14(11-17(18)20(22,23)24)26-19(30)25-12-4-6-13(7-5-12)27-28-15-2-1-3-16(10-15)29(31)32/h1-11H,(H2,25,26,30). The van der Waals surface area contributed by atoms with Crippen molar-refractivity contribution in [3.63, 3.8) is 0 Å². The molecule has 0 bridgehead atoms. The van der Waals surface area contributed by atoms with E-state index in [2.05, 4.69) is 20.9 Å². The highest BCUT2D eigenvalue weighted by Crippen LogP contribution is 2.36. The van der Waals surface area contributed by atoms with E-state index >= 15 is 0 Å². The van der Waals surface area contributed by atoms with Gasteiger partial charge in [-0.1, -0.05) is 17.7 Å². The fourth-order valence-electron chi connectivity index (χ4n) is 2.51. The Morgan fingerprint density at radius 1 is 0.906 bits per heavy atom. The molecule has 0 atom stereocenters. The van der Waals surface area contributed by atoms with Gasteiger partial charge in [0, 0.05) is 23.5 Å². The molecule has 2 N–H and O–H groups in total. The van der Waals surface area contributed by atoms with Crippen LogP contribution in [0, 0.1) is 10.1 Å². The number of benzene rings is 3. The number of hydrogen-bond acceptors (Lipinski definition) is 5. The molecule has 2 amide bonds. The third-order valence-corrected chi connectivity index (χ3v) is 4.31. The summed E-state index contributed by atoms with van der Waals surface area (Å²) in [5.74, 6) is 0. The molecule has 0 unspecified atom stereocenters. The van der Waals surface area contributed by atoms with Crippen molar-refractivity contribution in [1.29, 1.82) is 0 Å². The largest absolute Gasteiger partial charge is 0.417 e. The van der Waals surface area contributed by atoms with Crippen molar-refractivity contribution in [3.8, 4) is 0 Å². The van der Waals surface area contributed by atoms with Crippen molar-refractivity contribution < 1.29 is 22.9 Å². The van der Waals surface area contributed by atoms with Crippen LogP contribution in [0.15, 0.2) is 77.0 Å². The lowest BCUT2D eigenvalue weighted by atomic mass is 10.2. The van der Waals surface area contributed by atoms with Gasteiger partial charge in [-0.15, -0.1) is 0 Å². The molecule has 8 nitrogen and oxygen atoms in total. The van der Waals surface area contributed by atoms with E-state index in [9.17, 15) is 28.1 Å². The van der Waals surface area contributed by atoms with Crippen molar-refractivity contribution in [2.75, 3.05) is 10.6 Å². The van der Waals surface area contributed by atoms with Crippen LogP contribution in [0.5, 0.6) is 0 Å². The molecule has 0 aliphatic heterocycles. The number of urea groups is 1. The second kappa shape index (κ2) is 9.43. The van der Waals surface area contributed by atoms with Gasteiger partial charge in [-0.3, -0.25) is 10.1 Å². The second-order valence-corrected chi connectivity index (χ2v) is 6.70. The number of nitrogens with zero attached hydrogens (tertiary/aromatic N) is 3. The van der Waals surface area contributed by atoms with Crippen molar-refractivity contribution >= 4 is 46.1 Å². The van der Waals surface area contributed by atoms with Gasteiger partial charge >= 0.3 is 12.2 Å². The van der Waals surface area contributed by atoms with Crippen LogP contribution in [-0.4, -0.2) is 11.0 Å². The third-order valence-electron chi connectivity index (χ3n) is 3.98. The van der Waals surface area contributed by atoms with Gasteiger partial charge in [0.05, 0.1) is 26.9 Å². The van der Waals surface area contributed by atoms with E-state index in [0.717, 1.165) is 12.1 Å². The first-order valence-electron chi connectivity index (χ1n) is 8.83. The number of nitro groups is 1. The summed E-state index contributed by atoms with van der Waals surface area (Å²) >= 11 is 5.55. The summed E-state index contributed by atoms with van der Waals surface area (Å²) in [6, 6.07) is 14.0. The molecule has 0 aromatic heterocycles. The molecule has 0 saturated heterocycles. The average Bonchev–Trinajstić information content (AvgIpc) is 2.74. The van der Waals surface area contributed by atoms with Gasteiger partial charge in [-0.25, -0.2) is 4.79 Å². The van der Waals surface area contributed by atoms with Gasteiger partial charge in [0.15, 0.2) is 0 Å². The highest BCUT2D eigenvalue weighted by atomic mass is 35.5. The molecule has 3 rings (SSSR count). The van der Waals surface area contributed by atoms with Crippen LogP contribution in [0.25, 0.3) is 0 Å². The highest BCUT2D eigenvalue weighted by Gasteiger charge is 2.33. The smallest absolute Gasteiger partial charge is 0.308 e. The van der Waals surface area contributed by atoms with Crippen molar-refractivity contribution in [2.45, 2.75) is 6.18 Å². The van der Waals surface area contributed by atoms with Crippen LogP contribution in [0.3, 0.4) is 0 Å². The summed E-state index contributed by atoms with van der Waals surface area (Å²) in [7, 11) is 0. The van der Waals surface area contributed by atoms with Crippen LogP contribution in [0.4, 0.5) is 46.4 Å². The van der Waals surface area contributed by atoms with Gasteiger partial charge in [-0.2, -0.15) is 23.4 Å². The lowest BCUT2D eigenvalue weighted by Crippen LogP contribution is -2.19. The molecule has 0 fully saturated rings. The minimum Gasteiger partial charge on any atom is -0.308 e. The lowest BCUT2D eigenvalue weighted by Gasteiger charge is -2.12. The molecule has 0 aliphatic carbocycles. The molecule has 12 heteroatoms. The number of rotatable bonds is 5. The number of amides is 2. The summed E-state index contributed by atoms with van der Waals surface area (Å²) in [6.07, 6.45) is -4.65. The molecule has 0 radical (unpaired) electrons. The third kappa shape index (κ3) is 6.01. The molecule has 0 heterocycles. The molecule has 0 spiro atoms. The minimum absolute atomic E-state index is 0.0819. The Labute approximate surface area is 183 Å². The Bertz CT molecular complexity index is 1180. The summed E-state index contributed by atoms with van der Waals surface area (Å²) in [5.41, 5.74) is -0.203. The molecule has 0 saturated carbocycles. The number of halogens is 4. The first-order valence-corrected chi connectivity index (χ1v) is 9.20. The number of nitrogens with one attached hydrogen (secondary N) is 2. The Morgan fingerprint density at radius 3 is 2.19 bits per heavy atom. The van der Waals surface area contributed by atoms with Gasteiger partial charge in [0.1, 0.15) is 0 Å². The number of non-ortho nitro benzene ring substituents is 1. The SMILES string of the molecule is O=C(Nc1ccc(N=Nc2cccc([N+](=O)[O-])c2)cc1)Nc1ccc(Cl)c(C(F)(F)F)c1. The Balaban J connectivity index is 1.63. The zero-order chi connectivity index (χ0) is 23.3. The zero-order valence-corrected chi connectivity index (χ0v) is 16.7. The first kappa shape index (κ1) is 22.7. The van der Waals surface area contributed by atoms with Crippen LogP contribution in [-0.2, 0) is 6.18 Å². The predicted molar refractivity (Wildman–Crippen MR) is 113 cm³/mol. The molecule has 0 aliphatic rings. The van der Waals surface area contributed by atoms with Gasteiger partial charge in [-0.05, 0) is 48.5 Å². The van der Waals surface area contributed by atoms with E-state index in [-0.39, 0.29) is 11.4 Å². The predicted octanol–water partition coefficient (Wildman–Crippen LogP) is 7.33. The van der Waals surface area contributed by atoms with Crippen molar-refractivity contribution in [3.05, 3.63) is 87.4 Å². The normalized spacial score (nSPS) is 11.4. The summed E-state index contributed by atoms with van der Waals surface area (Å²) in [4.78, 5) is 22.3. The van der Waals surface area contributed by atoms with Crippen molar-refractivity contribution in [2.24, 2.45) is 10.2 Å². The van der Waals surface area contributed by atoms with E-state index in [1.165, 1.54) is 48.5 Å². The molecule has 3 aromatic rings. The number of anilines is 2. The monoisotopic (exact) mass is 463 g/mol. The second-order valence-electron chi connectivity index (χ2n) is 6.30. The van der Waals surface area contributed by atoms with Gasteiger partial charge < -0.3 is 10.6 Å². The molecular formula is C20H13ClF3N5O3. The Kier molecular flexibility index (Phi) is 6.69. The van der Waals surface area contributed by atoms with Crippen LogP contribution in [0.2, 0.25) is 5.02 Å². The van der Waals surface area contributed by atoms with Crippen LogP contribution >= 0.6 is 11.6 Å². The number of nitro benzene ring substituents is 1. The lowest BCUT2D eigenvalue weighted by molar-refractivity contribution is -0.384. The number of alkyl halides is 3. The quantitative estimate of drug-likeness (QED) is 0.235. The van der Waals surface area contributed by atoms with Crippen molar-refractivity contribution in [1.82, 2.24) is 0 Å². The minimum atomic E-state index is -4.65. The van der Waals surface area contributed by atoms with E-state index in [0.29, 0.717) is 17.1 Å². The molecule has 32 heavy (non-hydrogen) atoms. The van der Waals surface area contributed by atoms with E-state index < -0.39 is 27.7 Å². The topological polar surface area (TPSA) is 109 Å². The Morgan fingerprint density at radius 2 is 1.53 bits per heavy atom. The maximum Gasteiger partial charge on any atom is 0.417 e. The zero-order valence-electron chi connectivity index (χ0n) is 15.9. The van der Waals surface area contributed by atoms with E-state index in [1.807, 2.05) is 0 Å². The van der Waals surface area contributed by atoms with Gasteiger partial charge in [0.2, 0.25) is 0 Å². The Hall–Kier alpha value is -3.99. The van der Waals surface area contributed by atoms with Gasteiger partial charge in [0.25, 0.3) is 5.69 Å². The maximum absolute atomic E-state index is 12.9. The van der Waals surface area contributed by atoms with E-state index in [4.69, 9.17) is 11.6 Å². The van der Waals surface area contributed by atoms with E-state index in [1.54, 1.807) is 6.07 Å². The summed E-state index contributed by atoms with van der Waals surface area (Å²) in [5, 5.41) is 23.0. The molecule has 3 aromatic carbocycles. The maximum atomic E-state index is 12.9. The average molecular weight is 464 g/mol. The number of carbonyl (C=O) groups excluding carboxylic acids is 1. The summed E-state index contributed by atoms with van der Waals surface area (Å²) in [6.45, 7) is 0. The highest BCUT2D eigenvalue weighted by molar-refractivity contribution is 6.31. The van der Waals surface area contributed by atoms with Crippen LogP contribution < -0.4 is 10.6 Å². The first-order chi connectivity index (χ1) is 15.1. The van der Waals surface area contributed by atoms with Crippen LogP contribution in [0.1, 0.15) is 5.56 Å². The molecular weight excluding hydrogens is 451 g/mol. The summed E-state index contributed by atoms with van der Waals surface area (Å²) < 4.78 is 38.8. The fraction of sp³-hybridized carbons (Fsp3) is 0.0500. The number of carbonyl (C=O) groups is 1. The molecule has 164 valence electrons. The fourth-order valence-corrected chi connectivity index (χ4v) is 2.73.